The molecule has 0 bridgehead atoms. The third-order valence-electron chi connectivity index (χ3n) is 3.03. The third-order valence-corrected chi connectivity index (χ3v) is 3.36. The van der Waals surface area contributed by atoms with Crippen molar-refractivity contribution in [1.29, 1.82) is 0 Å². The molecule has 0 aliphatic carbocycles. The van der Waals surface area contributed by atoms with Crippen molar-refractivity contribution in [1.82, 2.24) is 5.32 Å². The zero-order valence-electron chi connectivity index (χ0n) is 9.29. The molecule has 1 heterocycles. The molecular weight excluding hydrogens is 226 g/mol. The molecule has 16 heavy (non-hydrogen) atoms. The highest BCUT2D eigenvalue weighted by Crippen LogP contribution is 2.37. The van der Waals surface area contributed by atoms with Gasteiger partial charge in [0, 0.05) is 17.6 Å². The van der Waals surface area contributed by atoms with Crippen LogP contribution in [0.3, 0.4) is 0 Å². The third kappa shape index (κ3) is 2.25. The second-order valence-electron chi connectivity index (χ2n) is 4.09. The van der Waals surface area contributed by atoms with Crippen molar-refractivity contribution >= 4 is 11.6 Å². The molecule has 0 saturated carbocycles. The summed E-state index contributed by atoms with van der Waals surface area (Å²) in [7, 11) is 1.52. The van der Waals surface area contributed by atoms with Crippen LogP contribution < -0.4 is 10.1 Å². The van der Waals surface area contributed by atoms with Crippen molar-refractivity contribution in [3.05, 3.63) is 22.7 Å². The molecule has 3 nitrogen and oxygen atoms in total. The van der Waals surface area contributed by atoms with Crippen LogP contribution >= 0.6 is 11.6 Å². The van der Waals surface area contributed by atoms with E-state index in [-0.39, 0.29) is 5.75 Å². The van der Waals surface area contributed by atoms with E-state index >= 15 is 0 Å². The largest absolute Gasteiger partial charge is 0.504 e. The minimum Gasteiger partial charge on any atom is -0.504 e. The van der Waals surface area contributed by atoms with Gasteiger partial charge < -0.3 is 15.2 Å². The molecule has 1 aliphatic heterocycles. The van der Waals surface area contributed by atoms with Crippen LogP contribution in [-0.4, -0.2) is 25.3 Å². The number of aromatic hydroxyl groups is 1. The maximum absolute atomic E-state index is 9.74. The molecule has 1 unspecified atom stereocenters. The van der Waals surface area contributed by atoms with E-state index in [1.165, 1.54) is 7.11 Å². The van der Waals surface area contributed by atoms with Crippen LogP contribution in [0.1, 0.15) is 24.3 Å². The summed E-state index contributed by atoms with van der Waals surface area (Å²) in [6, 6.07) is 3.40. The minimum atomic E-state index is 0.160. The highest BCUT2D eigenvalue weighted by atomic mass is 35.5. The summed E-state index contributed by atoms with van der Waals surface area (Å²) in [4.78, 5) is 0. The molecule has 0 aromatic heterocycles. The number of phenolic OH excluding ortho intramolecular Hbond substituents is 1. The summed E-state index contributed by atoms with van der Waals surface area (Å²) < 4.78 is 5.02. The summed E-state index contributed by atoms with van der Waals surface area (Å²) in [5, 5.41) is 13.7. The summed E-state index contributed by atoms with van der Waals surface area (Å²) in [5.41, 5.74) is 1.01. The maximum Gasteiger partial charge on any atom is 0.161 e. The van der Waals surface area contributed by atoms with Gasteiger partial charge in [0.2, 0.25) is 0 Å². The van der Waals surface area contributed by atoms with E-state index in [1.807, 2.05) is 0 Å². The van der Waals surface area contributed by atoms with Gasteiger partial charge in [-0.3, -0.25) is 0 Å². The Morgan fingerprint density at radius 1 is 1.50 bits per heavy atom. The average molecular weight is 242 g/mol. The van der Waals surface area contributed by atoms with Crippen molar-refractivity contribution in [2.75, 3.05) is 20.2 Å². The Morgan fingerprint density at radius 2 is 2.31 bits per heavy atom. The number of halogens is 1. The Morgan fingerprint density at radius 3 is 2.94 bits per heavy atom. The standard InChI is InChI=1S/C12H16ClNO2/c1-16-12-6-10(13)9(5-11(12)15)8-3-2-4-14-7-8/h5-6,8,14-15H,2-4,7H2,1H3. The molecule has 1 aliphatic rings. The number of methoxy groups -OCH3 is 1. The van der Waals surface area contributed by atoms with Gasteiger partial charge in [0.25, 0.3) is 0 Å². The normalized spacial score (nSPS) is 20.8. The van der Waals surface area contributed by atoms with Crippen molar-refractivity contribution in [2.24, 2.45) is 0 Å². The van der Waals surface area contributed by atoms with Gasteiger partial charge in [0.1, 0.15) is 0 Å². The maximum atomic E-state index is 9.74. The lowest BCUT2D eigenvalue weighted by Crippen LogP contribution is -2.28. The van der Waals surface area contributed by atoms with Crippen LogP contribution in [0.25, 0.3) is 0 Å². The quantitative estimate of drug-likeness (QED) is 0.836. The van der Waals surface area contributed by atoms with Gasteiger partial charge in [-0.05, 0) is 36.9 Å². The Balaban J connectivity index is 2.29. The van der Waals surface area contributed by atoms with Gasteiger partial charge >= 0.3 is 0 Å². The monoisotopic (exact) mass is 241 g/mol. The fraction of sp³-hybridized carbons (Fsp3) is 0.500. The van der Waals surface area contributed by atoms with E-state index in [2.05, 4.69) is 5.32 Å². The van der Waals surface area contributed by atoms with Crippen molar-refractivity contribution in [3.8, 4) is 11.5 Å². The molecule has 1 saturated heterocycles. The highest BCUT2D eigenvalue weighted by molar-refractivity contribution is 6.31. The first-order valence-electron chi connectivity index (χ1n) is 5.49. The van der Waals surface area contributed by atoms with Crippen molar-refractivity contribution in [3.63, 3.8) is 0 Å². The van der Waals surface area contributed by atoms with Gasteiger partial charge in [-0.2, -0.15) is 0 Å². The average Bonchev–Trinajstić information content (AvgIpc) is 2.32. The Bertz CT molecular complexity index is 376. The van der Waals surface area contributed by atoms with Crippen molar-refractivity contribution in [2.45, 2.75) is 18.8 Å². The van der Waals surface area contributed by atoms with E-state index in [9.17, 15) is 5.11 Å². The van der Waals surface area contributed by atoms with Gasteiger partial charge in [-0.15, -0.1) is 0 Å². The lowest BCUT2D eigenvalue weighted by Gasteiger charge is -2.24. The smallest absolute Gasteiger partial charge is 0.161 e. The summed E-state index contributed by atoms with van der Waals surface area (Å²) in [5.74, 6) is 0.975. The first kappa shape index (κ1) is 11.6. The lowest BCUT2D eigenvalue weighted by molar-refractivity contribution is 0.372. The molecule has 1 atom stereocenters. The second kappa shape index (κ2) is 4.93. The molecule has 2 N–H and O–H groups in total. The number of nitrogens with one attached hydrogen (secondary N) is 1. The number of phenols is 1. The van der Waals surface area contributed by atoms with Crippen LogP contribution in [0.5, 0.6) is 11.5 Å². The van der Waals surface area contributed by atoms with E-state index < -0.39 is 0 Å². The lowest BCUT2D eigenvalue weighted by atomic mass is 9.91. The summed E-state index contributed by atoms with van der Waals surface area (Å²) in [6.45, 7) is 1.99. The van der Waals surface area contributed by atoms with Gasteiger partial charge in [-0.25, -0.2) is 0 Å². The van der Waals surface area contributed by atoms with Crippen molar-refractivity contribution < 1.29 is 9.84 Å². The first-order chi connectivity index (χ1) is 7.72. The van der Waals surface area contributed by atoms with Gasteiger partial charge in [0.05, 0.1) is 7.11 Å². The summed E-state index contributed by atoms with van der Waals surface area (Å²) >= 11 is 6.19. The zero-order chi connectivity index (χ0) is 11.5. The molecule has 0 spiro atoms. The van der Waals surface area contributed by atoms with E-state index in [1.54, 1.807) is 12.1 Å². The predicted molar refractivity (Wildman–Crippen MR) is 64.5 cm³/mol. The number of hydrogen-bond acceptors (Lipinski definition) is 3. The molecular formula is C12H16ClNO2. The van der Waals surface area contributed by atoms with Crippen LogP contribution in [0.2, 0.25) is 5.02 Å². The molecule has 4 heteroatoms. The van der Waals surface area contributed by atoms with E-state index in [0.29, 0.717) is 16.7 Å². The minimum absolute atomic E-state index is 0.160. The number of piperidine rings is 1. The topological polar surface area (TPSA) is 41.5 Å². The zero-order valence-corrected chi connectivity index (χ0v) is 10.0. The predicted octanol–water partition coefficient (Wildman–Crippen LogP) is 2.52. The first-order valence-corrected chi connectivity index (χ1v) is 5.87. The van der Waals surface area contributed by atoms with Crippen LogP contribution in [0.15, 0.2) is 12.1 Å². The number of ether oxygens (including phenoxy) is 1. The molecule has 88 valence electrons. The molecule has 0 amide bonds. The molecule has 1 aromatic carbocycles. The number of rotatable bonds is 2. The molecule has 0 radical (unpaired) electrons. The Hall–Kier alpha value is -0.930. The SMILES string of the molecule is COc1cc(Cl)c(C2CCCNC2)cc1O. The number of benzene rings is 1. The van der Waals surface area contributed by atoms with E-state index in [4.69, 9.17) is 16.3 Å². The van der Waals surface area contributed by atoms with E-state index in [0.717, 1.165) is 31.5 Å². The van der Waals surface area contributed by atoms with Gasteiger partial charge in [0.15, 0.2) is 11.5 Å². The number of hydrogen-bond donors (Lipinski definition) is 2. The fourth-order valence-electron chi connectivity index (χ4n) is 2.15. The Labute approximate surface area is 100 Å². The second-order valence-corrected chi connectivity index (χ2v) is 4.50. The highest BCUT2D eigenvalue weighted by Gasteiger charge is 2.19. The molecule has 1 fully saturated rings. The Kier molecular flexibility index (Phi) is 3.56. The summed E-state index contributed by atoms with van der Waals surface area (Å²) in [6.07, 6.45) is 2.26. The molecule has 1 aromatic rings. The van der Waals surface area contributed by atoms with Gasteiger partial charge in [-0.1, -0.05) is 11.6 Å². The fourth-order valence-corrected chi connectivity index (χ4v) is 2.46. The molecule has 2 rings (SSSR count). The van der Waals surface area contributed by atoms with Crippen LogP contribution in [0, 0.1) is 0 Å². The van der Waals surface area contributed by atoms with Crippen LogP contribution in [-0.2, 0) is 0 Å². The van der Waals surface area contributed by atoms with Crippen LogP contribution in [0.4, 0.5) is 0 Å².